The van der Waals surface area contributed by atoms with Gasteiger partial charge < -0.3 is 10.1 Å². The van der Waals surface area contributed by atoms with E-state index in [1.54, 1.807) is 36.0 Å². The number of benzene rings is 3. The van der Waals surface area contributed by atoms with Crippen molar-refractivity contribution < 1.29 is 17.9 Å². The van der Waals surface area contributed by atoms with Crippen LogP contribution in [0.5, 0.6) is 5.75 Å². The van der Waals surface area contributed by atoms with Crippen molar-refractivity contribution in [1.82, 2.24) is 9.62 Å². The molecular weight excluding hydrogens is 480 g/mol. The van der Waals surface area contributed by atoms with Crippen LogP contribution in [-0.2, 0) is 15.8 Å². The number of carbonyl (C=O) groups is 1. The van der Waals surface area contributed by atoms with E-state index in [4.69, 9.17) is 16.3 Å². The third-order valence-electron chi connectivity index (χ3n) is 4.69. The summed E-state index contributed by atoms with van der Waals surface area (Å²) >= 11 is 7.61. The number of sulfonamides is 1. The molecule has 1 N–H and O–H groups in total. The van der Waals surface area contributed by atoms with Crippen LogP contribution in [0.15, 0.2) is 82.6 Å². The lowest BCUT2D eigenvalue weighted by atomic mass is 10.1. The molecule has 0 spiro atoms. The van der Waals surface area contributed by atoms with E-state index in [1.165, 1.54) is 26.2 Å². The van der Waals surface area contributed by atoms with Crippen LogP contribution >= 0.6 is 23.4 Å². The standard InChI is InChI=1S/C24H25ClN2O4S2/c1-27(2)33(29,30)23-13-9-21(10-14-23)31-16-15-26-24(28)19-5-3-18(4-6-19)17-32-22-11-7-20(25)8-12-22/h3-14H,15-17H2,1-2H3,(H,26,28). The van der Waals surface area contributed by atoms with Gasteiger partial charge in [0.25, 0.3) is 5.91 Å². The first kappa shape index (κ1) is 25.1. The zero-order valence-corrected chi connectivity index (χ0v) is 20.7. The minimum Gasteiger partial charge on any atom is -0.492 e. The molecule has 0 unspecified atom stereocenters. The largest absolute Gasteiger partial charge is 0.492 e. The highest BCUT2D eigenvalue weighted by Gasteiger charge is 2.16. The monoisotopic (exact) mass is 504 g/mol. The predicted octanol–water partition coefficient (Wildman–Crippen LogP) is 4.69. The molecule has 0 heterocycles. The number of halogens is 1. The van der Waals surface area contributed by atoms with Crippen molar-refractivity contribution in [2.45, 2.75) is 15.5 Å². The van der Waals surface area contributed by atoms with Crippen molar-refractivity contribution in [3.05, 3.63) is 88.9 Å². The normalized spacial score (nSPS) is 11.4. The molecule has 0 saturated carbocycles. The van der Waals surface area contributed by atoms with Crippen molar-refractivity contribution >= 4 is 39.3 Å². The van der Waals surface area contributed by atoms with Crippen LogP contribution in [0.4, 0.5) is 0 Å². The summed E-state index contributed by atoms with van der Waals surface area (Å²) in [6.07, 6.45) is 0. The molecule has 174 valence electrons. The van der Waals surface area contributed by atoms with Crippen LogP contribution in [0.3, 0.4) is 0 Å². The third kappa shape index (κ3) is 7.23. The Morgan fingerprint density at radius 1 is 0.970 bits per heavy atom. The molecule has 1 amide bonds. The molecule has 6 nitrogen and oxygen atoms in total. The Kier molecular flexibility index (Phi) is 8.80. The topological polar surface area (TPSA) is 75.7 Å². The van der Waals surface area contributed by atoms with Gasteiger partial charge in [-0.05, 0) is 66.2 Å². The van der Waals surface area contributed by atoms with Gasteiger partial charge in [-0.3, -0.25) is 4.79 Å². The van der Waals surface area contributed by atoms with Crippen molar-refractivity contribution in [1.29, 1.82) is 0 Å². The summed E-state index contributed by atoms with van der Waals surface area (Å²) in [6.45, 7) is 0.589. The molecule has 3 aromatic carbocycles. The molecule has 0 fully saturated rings. The van der Waals surface area contributed by atoms with Gasteiger partial charge >= 0.3 is 0 Å². The fraction of sp³-hybridized carbons (Fsp3) is 0.208. The molecule has 9 heteroatoms. The molecule has 0 aliphatic rings. The van der Waals surface area contributed by atoms with E-state index in [0.717, 1.165) is 20.5 Å². The number of nitrogens with one attached hydrogen (secondary N) is 1. The number of amides is 1. The van der Waals surface area contributed by atoms with Crippen molar-refractivity contribution in [3.63, 3.8) is 0 Å². The van der Waals surface area contributed by atoms with Crippen molar-refractivity contribution in [3.8, 4) is 5.75 Å². The molecule has 0 aliphatic heterocycles. The summed E-state index contributed by atoms with van der Waals surface area (Å²) in [5.74, 6) is 1.15. The van der Waals surface area contributed by atoms with Gasteiger partial charge in [0, 0.05) is 35.3 Å². The van der Waals surface area contributed by atoms with Crippen LogP contribution in [0.2, 0.25) is 5.02 Å². The van der Waals surface area contributed by atoms with Gasteiger partial charge in [0.15, 0.2) is 0 Å². The highest BCUT2D eigenvalue weighted by molar-refractivity contribution is 7.98. The van der Waals surface area contributed by atoms with E-state index in [2.05, 4.69) is 5.32 Å². The van der Waals surface area contributed by atoms with E-state index >= 15 is 0 Å². The summed E-state index contributed by atoms with van der Waals surface area (Å²) in [6, 6.07) is 21.4. The number of hydrogen-bond donors (Lipinski definition) is 1. The van der Waals surface area contributed by atoms with Crippen LogP contribution < -0.4 is 10.1 Å². The average Bonchev–Trinajstić information content (AvgIpc) is 2.82. The molecule has 33 heavy (non-hydrogen) atoms. The van der Waals surface area contributed by atoms with Crippen molar-refractivity contribution in [2.24, 2.45) is 0 Å². The molecule has 3 aromatic rings. The lowest BCUT2D eigenvalue weighted by molar-refractivity contribution is 0.0947. The van der Waals surface area contributed by atoms with E-state index in [0.29, 0.717) is 22.9 Å². The zero-order chi connectivity index (χ0) is 23.8. The van der Waals surface area contributed by atoms with Crippen LogP contribution in [-0.4, -0.2) is 45.9 Å². The van der Waals surface area contributed by atoms with Crippen LogP contribution in [0, 0.1) is 0 Å². The van der Waals surface area contributed by atoms with Gasteiger partial charge in [0.1, 0.15) is 12.4 Å². The van der Waals surface area contributed by atoms with Gasteiger partial charge in [-0.2, -0.15) is 0 Å². The Morgan fingerprint density at radius 2 is 1.61 bits per heavy atom. The van der Waals surface area contributed by atoms with E-state index in [1.807, 2.05) is 36.4 Å². The molecule has 0 bridgehead atoms. The fourth-order valence-corrected chi connectivity index (χ4v) is 4.69. The Labute approximate surface area is 204 Å². The number of ether oxygens (including phenoxy) is 1. The third-order valence-corrected chi connectivity index (χ3v) is 7.86. The minimum absolute atomic E-state index is 0.178. The first-order valence-corrected chi connectivity index (χ1v) is 13.0. The number of rotatable bonds is 10. The maximum absolute atomic E-state index is 12.3. The molecular formula is C24H25ClN2O4S2. The van der Waals surface area contributed by atoms with Gasteiger partial charge in [-0.25, -0.2) is 12.7 Å². The Bertz CT molecular complexity index is 1160. The number of thioether (sulfide) groups is 1. The molecule has 3 rings (SSSR count). The van der Waals surface area contributed by atoms with E-state index in [-0.39, 0.29) is 17.4 Å². The SMILES string of the molecule is CN(C)S(=O)(=O)c1ccc(OCCNC(=O)c2ccc(CSc3ccc(Cl)cc3)cc2)cc1. The first-order chi connectivity index (χ1) is 15.8. The van der Waals surface area contributed by atoms with Gasteiger partial charge in [-0.1, -0.05) is 23.7 Å². The fourth-order valence-electron chi connectivity index (χ4n) is 2.80. The second-order valence-corrected chi connectivity index (χ2v) is 10.9. The highest BCUT2D eigenvalue weighted by atomic mass is 35.5. The molecule has 0 radical (unpaired) electrons. The smallest absolute Gasteiger partial charge is 0.251 e. The highest BCUT2D eigenvalue weighted by Crippen LogP contribution is 2.24. The minimum atomic E-state index is -3.47. The van der Waals surface area contributed by atoms with Gasteiger partial charge in [0.2, 0.25) is 10.0 Å². The Balaban J connectivity index is 1.42. The number of nitrogens with zero attached hydrogens (tertiary/aromatic N) is 1. The quantitative estimate of drug-likeness (QED) is 0.320. The lowest BCUT2D eigenvalue weighted by Crippen LogP contribution is -2.28. The average molecular weight is 505 g/mol. The zero-order valence-electron chi connectivity index (χ0n) is 18.3. The predicted molar refractivity (Wildman–Crippen MR) is 133 cm³/mol. The van der Waals surface area contributed by atoms with E-state index < -0.39 is 10.0 Å². The van der Waals surface area contributed by atoms with Crippen LogP contribution in [0.25, 0.3) is 0 Å². The second kappa shape index (κ2) is 11.6. The molecule has 0 aromatic heterocycles. The molecule has 0 aliphatic carbocycles. The van der Waals surface area contributed by atoms with Crippen molar-refractivity contribution in [2.75, 3.05) is 27.2 Å². The number of hydrogen-bond acceptors (Lipinski definition) is 5. The summed E-state index contributed by atoms with van der Waals surface area (Å²) < 4.78 is 30.9. The van der Waals surface area contributed by atoms with Crippen LogP contribution in [0.1, 0.15) is 15.9 Å². The maximum atomic E-state index is 12.3. The van der Waals surface area contributed by atoms with Gasteiger partial charge in [-0.15, -0.1) is 11.8 Å². The molecule has 0 saturated heterocycles. The second-order valence-electron chi connectivity index (χ2n) is 7.30. The maximum Gasteiger partial charge on any atom is 0.251 e. The Hall–Kier alpha value is -2.52. The Morgan fingerprint density at radius 3 is 2.21 bits per heavy atom. The summed E-state index contributed by atoms with van der Waals surface area (Å²) in [7, 11) is -0.504. The first-order valence-electron chi connectivity index (χ1n) is 10.2. The van der Waals surface area contributed by atoms with Gasteiger partial charge in [0.05, 0.1) is 11.4 Å². The molecule has 0 atom stereocenters. The summed E-state index contributed by atoms with van der Waals surface area (Å²) in [5, 5.41) is 3.53. The number of carbonyl (C=O) groups excluding carboxylic acids is 1. The lowest BCUT2D eigenvalue weighted by Gasteiger charge is -2.12. The summed E-state index contributed by atoms with van der Waals surface area (Å²) in [5.41, 5.74) is 1.70. The summed E-state index contributed by atoms with van der Waals surface area (Å²) in [4.78, 5) is 13.7. The van der Waals surface area contributed by atoms with E-state index in [9.17, 15) is 13.2 Å².